The van der Waals surface area contributed by atoms with Gasteiger partial charge in [0.25, 0.3) is 0 Å². The summed E-state index contributed by atoms with van der Waals surface area (Å²) in [6.07, 6.45) is 2.77. The minimum atomic E-state index is 0.126. The molecule has 0 fully saturated rings. The number of aromatic hydroxyl groups is 1. The van der Waals surface area contributed by atoms with Gasteiger partial charge in [-0.1, -0.05) is 13.0 Å². The highest BCUT2D eigenvalue weighted by molar-refractivity contribution is 5.80. The van der Waals surface area contributed by atoms with E-state index in [4.69, 9.17) is 4.74 Å². The van der Waals surface area contributed by atoms with Crippen LogP contribution in [0, 0.1) is 0 Å². The fourth-order valence-corrected chi connectivity index (χ4v) is 3.15. The van der Waals surface area contributed by atoms with Crippen LogP contribution in [-0.2, 0) is 25.9 Å². The number of rotatable bonds is 6. The van der Waals surface area contributed by atoms with E-state index in [0.717, 1.165) is 55.5 Å². The summed E-state index contributed by atoms with van der Waals surface area (Å²) in [7, 11) is 1.54. The highest BCUT2D eigenvalue weighted by Gasteiger charge is 2.22. The number of aryl methyl sites for hydroxylation is 2. The largest absolute Gasteiger partial charge is 0.504 e. The second-order valence-electron chi connectivity index (χ2n) is 6.56. The Kier molecular flexibility index (Phi) is 6.16. The van der Waals surface area contributed by atoms with Crippen LogP contribution in [0.3, 0.4) is 0 Å². The molecule has 8 heteroatoms. The molecule has 1 aliphatic heterocycles. The molecule has 1 unspecified atom stereocenters. The zero-order chi connectivity index (χ0) is 19.2. The Morgan fingerprint density at radius 2 is 2.26 bits per heavy atom. The van der Waals surface area contributed by atoms with Crippen LogP contribution in [0.5, 0.6) is 11.5 Å². The third kappa shape index (κ3) is 4.69. The van der Waals surface area contributed by atoms with Crippen LogP contribution in [-0.4, -0.2) is 45.5 Å². The Morgan fingerprint density at radius 1 is 1.41 bits per heavy atom. The maximum Gasteiger partial charge on any atom is 0.191 e. The summed E-state index contributed by atoms with van der Waals surface area (Å²) in [4.78, 5) is 9.21. The summed E-state index contributed by atoms with van der Waals surface area (Å²) >= 11 is 0. The normalized spacial score (nSPS) is 16.7. The van der Waals surface area contributed by atoms with E-state index in [1.807, 2.05) is 17.7 Å². The zero-order valence-electron chi connectivity index (χ0n) is 16.2. The van der Waals surface area contributed by atoms with Crippen molar-refractivity contribution in [3.05, 3.63) is 35.4 Å². The first kappa shape index (κ1) is 19.0. The molecule has 1 aliphatic rings. The molecular formula is C19H28N6O2. The standard InChI is InChI=1S/C19H28N6O2/c1-4-17-23-18-9-7-14(12-25(18)24-17)22-19(20-5-2)21-11-13-6-8-16(27-3)15(26)10-13/h6,8,10,14,26H,4-5,7,9,11-12H2,1-3H3,(H2,20,21,22). The van der Waals surface area contributed by atoms with E-state index in [2.05, 4.69) is 32.6 Å². The van der Waals surface area contributed by atoms with E-state index in [9.17, 15) is 5.11 Å². The first-order chi connectivity index (χ1) is 13.1. The van der Waals surface area contributed by atoms with Gasteiger partial charge in [-0.3, -0.25) is 0 Å². The lowest BCUT2D eigenvalue weighted by Crippen LogP contribution is -2.47. The van der Waals surface area contributed by atoms with E-state index in [1.54, 1.807) is 12.1 Å². The quantitative estimate of drug-likeness (QED) is 0.527. The zero-order valence-corrected chi connectivity index (χ0v) is 16.2. The average molecular weight is 372 g/mol. The number of guanidine groups is 1. The number of hydrogen-bond donors (Lipinski definition) is 3. The van der Waals surface area contributed by atoms with Crippen molar-refractivity contribution >= 4 is 5.96 Å². The maximum absolute atomic E-state index is 9.92. The van der Waals surface area contributed by atoms with Gasteiger partial charge in [-0.2, -0.15) is 5.10 Å². The van der Waals surface area contributed by atoms with Crippen molar-refractivity contribution in [2.75, 3.05) is 13.7 Å². The number of nitrogens with one attached hydrogen (secondary N) is 2. The molecule has 1 aromatic carbocycles. The van der Waals surface area contributed by atoms with Gasteiger partial charge in [-0.25, -0.2) is 14.7 Å². The predicted octanol–water partition coefficient (Wildman–Crippen LogP) is 1.62. The Hall–Kier alpha value is -2.77. The number of phenolic OH excluding ortho intramolecular Hbond substituents is 1. The minimum absolute atomic E-state index is 0.126. The molecule has 0 saturated carbocycles. The predicted molar refractivity (Wildman–Crippen MR) is 104 cm³/mol. The molecule has 0 bridgehead atoms. The van der Waals surface area contributed by atoms with Crippen molar-refractivity contribution in [2.45, 2.75) is 52.2 Å². The van der Waals surface area contributed by atoms with Gasteiger partial charge in [0.15, 0.2) is 23.3 Å². The highest BCUT2D eigenvalue weighted by Crippen LogP contribution is 2.26. The second kappa shape index (κ2) is 8.75. The molecule has 0 spiro atoms. The Bertz CT molecular complexity index is 801. The van der Waals surface area contributed by atoms with Gasteiger partial charge >= 0.3 is 0 Å². The van der Waals surface area contributed by atoms with Crippen LogP contribution in [0.1, 0.15) is 37.5 Å². The molecule has 2 aromatic rings. The number of benzene rings is 1. The van der Waals surface area contributed by atoms with E-state index in [1.165, 1.54) is 7.11 Å². The van der Waals surface area contributed by atoms with Crippen LogP contribution < -0.4 is 15.4 Å². The van der Waals surface area contributed by atoms with Gasteiger partial charge in [-0.15, -0.1) is 0 Å². The van der Waals surface area contributed by atoms with Crippen LogP contribution >= 0.6 is 0 Å². The fourth-order valence-electron chi connectivity index (χ4n) is 3.15. The molecule has 0 radical (unpaired) electrons. The van der Waals surface area contributed by atoms with Crippen molar-refractivity contribution in [1.82, 2.24) is 25.4 Å². The third-order valence-electron chi connectivity index (χ3n) is 4.57. The van der Waals surface area contributed by atoms with Crippen LogP contribution in [0.25, 0.3) is 0 Å². The first-order valence-electron chi connectivity index (χ1n) is 9.46. The number of ether oxygens (including phenoxy) is 1. The molecule has 1 atom stereocenters. The SMILES string of the molecule is CCNC(=NCc1ccc(OC)c(O)c1)NC1CCc2nc(CC)nn2C1. The molecule has 1 aromatic heterocycles. The van der Waals surface area contributed by atoms with Crippen molar-refractivity contribution < 1.29 is 9.84 Å². The summed E-state index contributed by atoms with van der Waals surface area (Å²) in [6, 6.07) is 5.59. The second-order valence-corrected chi connectivity index (χ2v) is 6.56. The number of hydrogen-bond acceptors (Lipinski definition) is 5. The van der Waals surface area contributed by atoms with E-state index < -0.39 is 0 Å². The van der Waals surface area contributed by atoms with Crippen molar-refractivity contribution in [3.63, 3.8) is 0 Å². The molecule has 2 heterocycles. The highest BCUT2D eigenvalue weighted by atomic mass is 16.5. The van der Waals surface area contributed by atoms with Crippen LogP contribution in [0.4, 0.5) is 0 Å². The molecule has 0 aliphatic carbocycles. The van der Waals surface area contributed by atoms with Crippen molar-refractivity contribution in [1.29, 1.82) is 0 Å². The summed E-state index contributed by atoms with van der Waals surface area (Å²) < 4.78 is 7.08. The fraction of sp³-hybridized carbons (Fsp3) is 0.526. The molecule has 27 heavy (non-hydrogen) atoms. The molecule has 8 nitrogen and oxygen atoms in total. The number of phenols is 1. The van der Waals surface area contributed by atoms with Crippen LogP contribution in [0.15, 0.2) is 23.2 Å². The molecule has 0 saturated heterocycles. The molecule has 3 N–H and O–H groups in total. The molecule has 3 rings (SSSR count). The Morgan fingerprint density at radius 3 is 2.96 bits per heavy atom. The van der Waals surface area contributed by atoms with Crippen molar-refractivity contribution in [3.8, 4) is 11.5 Å². The smallest absolute Gasteiger partial charge is 0.191 e. The number of methoxy groups -OCH3 is 1. The first-order valence-corrected chi connectivity index (χ1v) is 9.46. The minimum Gasteiger partial charge on any atom is -0.504 e. The molecular weight excluding hydrogens is 344 g/mol. The molecule has 0 amide bonds. The van der Waals surface area contributed by atoms with Crippen LogP contribution in [0.2, 0.25) is 0 Å². The topological polar surface area (TPSA) is 96.6 Å². The van der Waals surface area contributed by atoms with Gasteiger partial charge < -0.3 is 20.5 Å². The number of nitrogens with zero attached hydrogens (tertiary/aromatic N) is 4. The lowest BCUT2D eigenvalue weighted by molar-refractivity contribution is 0.373. The Balaban J connectivity index is 1.65. The summed E-state index contributed by atoms with van der Waals surface area (Å²) in [5.41, 5.74) is 0.917. The van der Waals surface area contributed by atoms with Gasteiger partial charge in [0.1, 0.15) is 5.82 Å². The lowest BCUT2D eigenvalue weighted by atomic mass is 10.1. The third-order valence-corrected chi connectivity index (χ3v) is 4.57. The number of aromatic nitrogens is 3. The van der Waals surface area contributed by atoms with Crippen molar-refractivity contribution in [2.24, 2.45) is 4.99 Å². The average Bonchev–Trinajstić information content (AvgIpc) is 3.09. The lowest BCUT2D eigenvalue weighted by Gasteiger charge is -2.25. The number of aliphatic imine (C=N–C) groups is 1. The van der Waals surface area contributed by atoms with E-state index in [0.29, 0.717) is 12.3 Å². The van der Waals surface area contributed by atoms with Gasteiger partial charge in [-0.05, 0) is 31.0 Å². The molecule has 146 valence electrons. The van der Waals surface area contributed by atoms with Gasteiger partial charge in [0.2, 0.25) is 0 Å². The Labute approximate surface area is 159 Å². The summed E-state index contributed by atoms with van der Waals surface area (Å²) in [5.74, 6) is 3.33. The van der Waals surface area contributed by atoms with E-state index in [-0.39, 0.29) is 11.8 Å². The van der Waals surface area contributed by atoms with Gasteiger partial charge in [0.05, 0.1) is 20.2 Å². The summed E-state index contributed by atoms with van der Waals surface area (Å²) in [6.45, 7) is 6.15. The summed E-state index contributed by atoms with van der Waals surface area (Å²) in [5, 5.41) is 21.3. The maximum atomic E-state index is 9.92. The monoisotopic (exact) mass is 372 g/mol. The number of fused-ring (bicyclic) bond motifs is 1. The van der Waals surface area contributed by atoms with E-state index >= 15 is 0 Å². The van der Waals surface area contributed by atoms with Gasteiger partial charge in [0, 0.05) is 25.4 Å².